The van der Waals surface area contributed by atoms with Crippen LogP contribution in [0.25, 0.3) is 0 Å². The van der Waals surface area contributed by atoms with Crippen LogP contribution in [0.5, 0.6) is 5.75 Å². The number of nitrogens with one attached hydrogen (secondary N) is 1. The number of nitrogens with zero attached hydrogens (tertiary/aromatic N) is 1. The largest absolute Gasteiger partial charge is 0.484 e. The molecule has 0 unspecified atom stereocenters. The number of anilines is 1. The summed E-state index contributed by atoms with van der Waals surface area (Å²) >= 11 is 0. The summed E-state index contributed by atoms with van der Waals surface area (Å²) < 4.78 is 6.01. The summed E-state index contributed by atoms with van der Waals surface area (Å²) in [4.78, 5) is 43.5. The van der Waals surface area contributed by atoms with E-state index in [9.17, 15) is 14.4 Å². The number of rotatable bonds is 7. The van der Waals surface area contributed by atoms with Crippen LogP contribution < -0.4 is 10.1 Å². The first-order chi connectivity index (χ1) is 21.8. The molecule has 3 aromatic rings. The third kappa shape index (κ3) is 6.44. The van der Waals surface area contributed by atoms with Gasteiger partial charge in [0.05, 0.1) is 0 Å². The smallest absolute Gasteiger partial charge is 0.262 e. The van der Waals surface area contributed by atoms with Gasteiger partial charge in [0.25, 0.3) is 5.91 Å². The monoisotopic (exact) mass is 616 g/mol. The van der Waals surface area contributed by atoms with E-state index in [1.807, 2.05) is 74.5 Å². The lowest BCUT2D eigenvalue weighted by Gasteiger charge is -2.49. The number of aryl methyl sites for hydroxylation is 2. The van der Waals surface area contributed by atoms with Gasteiger partial charge in [-0.05, 0) is 78.0 Å². The maximum Gasteiger partial charge on any atom is 0.262 e. The summed E-state index contributed by atoms with van der Waals surface area (Å²) in [7, 11) is 0. The molecule has 1 aliphatic heterocycles. The van der Waals surface area contributed by atoms with Gasteiger partial charge in [-0.3, -0.25) is 14.4 Å². The number of Topliss-reactive ketones (excluding diaryl/α,β-unsaturated/α-hetero) is 2. The molecule has 0 aromatic heterocycles. The van der Waals surface area contributed by atoms with E-state index in [1.54, 1.807) is 0 Å². The van der Waals surface area contributed by atoms with Crippen LogP contribution in [0.3, 0.4) is 0 Å². The van der Waals surface area contributed by atoms with Crippen LogP contribution in [-0.2, 0) is 20.9 Å². The van der Waals surface area contributed by atoms with E-state index >= 15 is 0 Å². The number of ketones is 2. The predicted octanol–water partition coefficient (Wildman–Crippen LogP) is 8.21. The van der Waals surface area contributed by atoms with E-state index in [0.717, 1.165) is 63.3 Å². The zero-order valence-corrected chi connectivity index (χ0v) is 27.8. The summed E-state index contributed by atoms with van der Waals surface area (Å²) in [6.45, 7) is 13.0. The molecule has 3 aliphatic rings. The third-order valence-electron chi connectivity index (χ3n) is 9.43. The highest BCUT2D eigenvalue weighted by atomic mass is 16.5. The first kappa shape index (κ1) is 31.5. The number of hydrogen-bond donors (Lipinski definition) is 1. The number of ether oxygens (including phenoxy) is 1. The maximum absolute atomic E-state index is 14.2. The van der Waals surface area contributed by atoms with Gasteiger partial charge in [-0.1, -0.05) is 82.3 Å². The molecular weight excluding hydrogens is 572 g/mol. The summed E-state index contributed by atoms with van der Waals surface area (Å²) in [5.74, 6) is -0.0125. The van der Waals surface area contributed by atoms with Gasteiger partial charge in [-0.15, -0.1) is 0 Å². The van der Waals surface area contributed by atoms with E-state index < -0.39 is 5.92 Å². The number of allylic oxidation sites excluding steroid dienone is 4. The topological polar surface area (TPSA) is 75.7 Å². The molecule has 3 aromatic carbocycles. The third-order valence-corrected chi connectivity index (χ3v) is 9.43. The number of benzene rings is 3. The Kier molecular flexibility index (Phi) is 8.26. The van der Waals surface area contributed by atoms with Crippen molar-refractivity contribution in [3.63, 3.8) is 0 Å². The molecule has 1 N–H and O–H groups in total. The number of carbonyl (C=O) groups excluding carboxylic acids is 3. The van der Waals surface area contributed by atoms with Crippen LogP contribution in [0.2, 0.25) is 0 Å². The van der Waals surface area contributed by atoms with Crippen molar-refractivity contribution in [3.8, 4) is 5.75 Å². The minimum Gasteiger partial charge on any atom is -0.484 e. The molecule has 0 fully saturated rings. The molecule has 0 radical (unpaired) electrons. The molecule has 0 atom stereocenters. The number of amides is 1. The molecular formula is C40H44N2O4. The zero-order chi connectivity index (χ0) is 32.8. The van der Waals surface area contributed by atoms with Gasteiger partial charge in [0.1, 0.15) is 5.75 Å². The molecule has 1 heterocycles. The molecule has 6 nitrogen and oxygen atoms in total. The summed E-state index contributed by atoms with van der Waals surface area (Å²) in [6, 6.07) is 23.8. The SMILES string of the molecule is Cc1ccc(C)c(NC(=O)COc2cccc(C3C4=C(CC(C)(C)CC4=O)N(Cc4ccccc4)C4=C3C(=O)CC(C)(C)C4)c2)c1. The first-order valence-electron chi connectivity index (χ1n) is 16.2. The average Bonchev–Trinajstić information content (AvgIpc) is 2.98. The van der Waals surface area contributed by atoms with Gasteiger partial charge in [0.2, 0.25) is 0 Å². The Morgan fingerprint density at radius 1 is 0.804 bits per heavy atom. The fourth-order valence-corrected chi connectivity index (χ4v) is 7.33. The van der Waals surface area contributed by atoms with Gasteiger partial charge >= 0.3 is 0 Å². The molecule has 0 bridgehead atoms. The molecule has 238 valence electrons. The Hall–Kier alpha value is -4.45. The van der Waals surface area contributed by atoms with Crippen LogP contribution in [0.15, 0.2) is 95.3 Å². The Labute approximate surface area is 272 Å². The second-order valence-electron chi connectivity index (χ2n) is 14.8. The van der Waals surface area contributed by atoms with Crippen LogP contribution in [0.1, 0.15) is 81.5 Å². The van der Waals surface area contributed by atoms with Gasteiger partial charge in [-0.2, -0.15) is 0 Å². The van der Waals surface area contributed by atoms with E-state index in [0.29, 0.717) is 25.1 Å². The normalized spacial score (nSPS) is 19.1. The molecule has 1 amide bonds. The fraction of sp³-hybridized carbons (Fsp3) is 0.375. The molecule has 0 spiro atoms. The number of hydrogen-bond acceptors (Lipinski definition) is 5. The maximum atomic E-state index is 14.2. The van der Waals surface area contributed by atoms with Crippen molar-refractivity contribution in [1.29, 1.82) is 0 Å². The van der Waals surface area contributed by atoms with Crippen molar-refractivity contribution < 1.29 is 19.1 Å². The molecule has 0 saturated carbocycles. The van der Waals surface area contributed by atoms with Crippen molar-refractivity contribution in [3.05, 3.63) is 118 Å². The lowest BCUT2D eigenvalue weighted by molar-refractivity contribution is -0.120. The van der Waals surface area contributed by atoms with E-state index in [4.69, 9.17) is 4.74 Å². The van der Waals surface area contributed by atoms with Crippen LogP contribution >= 0.6 is 0 Å². The van der Waals surface area contributed by atoms with Crippen molar-refractivity contribution in [2.45, 2.75) is 79.7 Å². The van der Waals surface area contributed by atoms with Gasteiger partial charge in [-0.25, -0.2) is 0 Å². The van der Waals surface area contributed by atoms with E-state index in [2.05, 4.69) is 50.0 Å². The lowest BCUT2D eigenvalue weighted by atomic mass is 9.63. The van der Waals surface area contributed by atoms with Crippen LogP contribution in [0, 0.1) is 24.7 Å². The molecule has 0 saturated heterocycles. The van der Waals surface area contributed by atoms with Crippen LogP contribution in [0.4, 0.5) is 5.69 Å². The highest BCUT2D eigenvalue weighted by Crippen LogP contribution is 2.55. The van der Waals surface area contributed by atoms with E-state index in [-0.39, 0.29) is 34.9 Å². The predicted molar refractivity (Wildman–Crippen MR) is 181 cm³/mol. The Morgan fingerprint density at radius 3 is 2.07 bits per heavy atom. The van der Waals surface area contributed by atoms with Gasteiger partial charge < -0.3 is 15.0 Å². The summed E-state index contributed by atoms with van der Waals surface area (Å²) in [6.07, 6.45) is 2.35. The Balaban J connectivity index is 1.38. The summed E-state index contributed by atoms with van der Waals surface area (Å²) in [5.41, 5.74) is 7.90. The lowest BCUT2D eigenvalue weighted by Crippen LogP contribution is -2.44. The highest BCUT2D eigenvalue weighted by Gasteiger charge is 2.49. The van der Waals surface area contributed by atoms with Crippen LogP contribution in [-0.4, -0.2) is 29.0 Å². The van der Waals surface area contributed by atoms with Crippen molar-refractivity contribution in [2.75, 3.05) is 11.9 Å². The van der Waals surface area contributed by atoms with Gasteiger partial charge in [0.15, 0.2) is 18.2 Å². The quantitative estimate of drug-likeness (QED) is 0.290. The first-order valence-corrected chi connectivity index (χ1v) is 16.2. The zero-order valence-electron chi connectivity index (χ0n) is 27.8. The number of carbonyl (C=O) groups is 3. The standard InChI is InChI=1S/C40H44N2O4/c1-25-15-16-26(2)30(17-25)41-35(45)24-46-29-14-10-13-28(18-29)36-37-31(19-39(3,4)21-33(37)43)42(23-27-11-8-7-9-12-27)32-20-40(5,6)22-34(44)38(32)36/h7-18,36H,19-24H2,1-6H3,(H,41,45). The molecule has 46 heavy (non-hydrogen) atoms. The van der Waals surface area contributed by atoms with Crippen molar-refractivity contribution in [2.24, 2.45) is 10.8 Å². The van der Waals surface area contributed by atoms with Crippen molar-refractivity contribution >= 4 is 23.2 Å². The van der Waals surface area contributed by atoms with Crippen molar-refractivity contribution in [1.82, 2.24) is 4.90 Å². The highest BCUT2D eigenvalue weighted by molar-refractivity contribution is 6.06. The molecule has 6 rings (SSSR count). The minimum absolute atomic E-state index is 0.0951. The fourth-order valence-electron chi connectivity index (χ4n) is 7.33. The Bertz CT molecular complexity index is 1730. The summed E-state index contributed by atoms with van der Waals surface area (Å²) in [5, 5.41) is 2.95. The van der Waals surface area contributed by atoms with Gasteiger partial charge in [0, 0.05) is 53.5 Å². The minimum atomic E-state index is -0.475. The average molecular weight is 617 g/mol. The second kappa shape index (κ2) is 12.1. The molecule has 2 aliphatic carbocycles. The molecule has 6 heteroatoms. The second-order valence-corrected chi connectivity index (χ2v) is 14.8. The van der Waals surface area contributed by atoms with E-state index in [1.165, 1.54) is 0 Å². The Morgan fingerprint density at radius 2 is 1.43 bits per heavy atom.